The van der Waals surface area contributed by atoms with Crippen LogP contribution in [0, 0.1) is 12.7 Å². The van der Waals surface area contributed by atoms with E-state index in [1.165, 1.54) is 18.2 Å². The predicted octanol–water partition coefficient (Wildman–Crippen LogP) is 4.20. The molecule has 1 amide bonds. The molecule has 0 saturated heterocycles. The summed E-state index contributed by atoms with van der Waals surface area (Å²) >= 11 is 8.92. The maximum Gasteiger partial charge on any atom is 0.255 e. The van der Waals surface area contributed by atoms with E-state index in [0.29, 0.717) is 11.3 Å². The van der Waals surface area contributed by atoms with Gasteiger partial charge in [0.15, 0.2) is 5.15 Å². The molecule has 0 fully saturated rings. The van der Waals surface area contributed by atoms with Crippen molar-refractivity contribution >= 4 is 39.1 Å². The van der Waals surface area contributed by atoms with Crippen LogP contribution in [0.25, 0.3) is 0 Å². The van der Waals surface area contributed by atoms with Gasteiger partial charge in [-0.25, -0.2) is 9.37 Å². The van der Waals surface area contributed by atoms with Gasteiger partial charge in [-0.15, -0.1) is 0 Å². The van der Waals surface area contributed by atoms with Gasteiger partial charge in [-0.05, 0) is 52.7 Å². The fourth-order valence-electron chi connectivity index (χ4n) is 1.47. The van der Waals surface area contributed by atoms with Crippen LogP contribution in [-0.2, 0) is 0 Å². The summed E-state index contributed by atoms with van der Waals surface area (Å²) in [6, 6.07) is 5.73. The monoisotopic (exact) mass is 342 g/mol. The largest absolute Gasteiger partial charge is 0.319 e. The Bertz CT molecular complexity index is 649. The summed E-state index contributed by atoms with van der Waals surface area (Å²) in [6.45, 7) is 1.84. The minimum Gasteiger partial charge on any atom is -0.319 e. The van der Waals surface area contributed by atoms with Crippen molar-refractivity contribution in [2.75, 3.05) is 5.32 Å². The van der Waals surface area contributed by atoms with Crippen molar-refractivity contribution in [3.05, 3.63) is 57.0 Å². The second-order valence-corrected chi connectivity index (χ2v) is 5.15. The summed E-state index contributed by atoms with van der Waals surface area (Å²) < 4.78 is 13.3. The van der Waals surface area contributed by atoms with Crippen LogP contribution in [0.1, 0.15) is 15.9 Å². The molecule has 0 radical (unpaired) electrons. The number of rotatable bonds is 2. The Hall–Kier alpha value is -1.46. The number of aryl methyl sites for hydroxylation is 1. The normalized spacial score (nSPS) is 10.3. The Morgan fingerprint density at radius 3 is 2.84 bits per heavy atom. The molecule has 2 rings (SSSR count). The molecule has 0 unspecified atom stereocenters. The summed E-state index contributed by atoms with van der Waals surface area (Å²) in [6.07, 6.45) is 1.60. The second-order valence-electron chi connectivity index (χ2n) is 3.93. The molecule has 0 aliphatic heterocycles. The average molecular weight is 344 g/mol. The van der Waals surface area contributed by atoms with Crippen LogP contribution in [0.3, 0.4) is 0 Å². The van der Waals surface area contributed by atoms with Gasteiger partial charge >= 0.3 is 0 Å². The van der Waals surface area contributed by atoms with Crippen molar-refractivity contribution in [1.82, 2.24) is 4.98 Å². The molecule has 0 atom stereocenters. The lowest BCUT2D eigenvalue weighted by atomic mass is 10.2. The first-order valence-electron chi connectivity index (χ1n) is 5.36. The topological polar surface area (TPSA) is 42.0 Å². The van der Waals surface area contributed by atoms with Crippen molar-refractivity contribution in [3.8, 4) is 0 Å². The van der Waals surface area contributed by atoms with Gasteiger partial charge in [0.1, 0.15) is 5.82 Å². The quantitative estimate of drug-likeness (QED) is 0.831. The molecule has 1 aromatic carbocycles. The van der Waals surface area contributed by atoms with Gasteiger partial charge in [-0.1, -0.05) is 11.6 Å². The molecule has 6 heteroatoms. The molecule has 0 saturated carbocycles. The zero-order valence-corrected chi connectivity index (χ0v) is 12.2. The highest BCUT2D eigenvalue weighted by Crippen LogP contribution is 2.22. The summed E-state index contributed by atoms with van der Waals surface area (Å²) in [5.74, 6) is -0.804. The SMILES string of the molecule is Cc1cnc(Cl)c(NC(=O)c2ccc(F)c(Br)c2)c1. The Labute approximate surface area is 122 Å². The van der Waals surface area contributed by atoms with E-state index in [9.17, 15) is 9.18 Å². The van der Waals surface area contributed by atoms with Crippen LogP contribution >= 0.6 is 27.5 Å². The Morgan fingerprint density at radius 2 is 2.16 bits per heavy atom. The van der Waals surface area contributed by atoms with Gasteiger partial charge in [0.2, 0.25) is 0 Å². The van der Waals surface area contributed by atoms with Gasteiger partial charge in [0.25, 0.3) is 5.91 Å². The Morgan fingerprint density at radius 1 is 1.42 bits per heavy atom. The van der Waals surface area contributed by atoms with E-state index in [1.807, 2.05) is 6.92 Å². The smallest absolute Gasteiger partial charge is 0.255 e. The number of amides is 1. The number of carbonyl (C=O) groups excluding carboxylic acids is 1. The lowest BCUT2D eigenvalue weighted by Crippen LogP contribution is -2.12. The van der Waals surface area contributed by atoms with Crippen molar-refractivity contribution in [2.24, 2.45) is 0 Å². The van der Waals surface area contributed by atoms with E-state index in [2.05, 4.69) is 26.2 Å². The third-order valence-electron chi connectivity index (χ3n) is 2.41. The third kappa shape index (κ3) is 3.30. The molecule has 0 aliphatic rings. The lowest BCUT2D eigenvalue weighted by molar-refractivity contribution is 0.102. The van der Waals surface area contributed by atoms with Crippen molar-refractivity contribution in [3.63, 3.8) is 0 Å². The van der Waals surface area contributed by atoms with Crippen LogP contribution in [0.4, 0.5) is 10.1 Å². The first-order valence-corrected chi connectivity index (χ1v) is 6.53. The summed E-state index contributed by atoms with van der Waals surface area (Å²) in [5.41, 5.74) is 1.62. The van der Waals surface area contributed by atoms with Crippen molar-refractivity contribution in [1.29, 1.82) is 0 Å². The van der Waals surface area contributed by atoms with Crippen LogP contribution in [0.5, 0.6) is 0 Å². The number of nitrogens with one attached hydrogen (secondary N) is 1. The van der Waals surface area contributed by atoms with Crippen LogP contribution < -0.4 is 5.32 Å². The Kier molecular flexibility index (Phi) is 4.17. The highest BCUT2D eigenvalue weighted by atomic mass is 79.9. The highest BCUT2D eigenvalue weighted by Gasteiger charge is 2.11. The first kappa shape index (κ1) is 14.0. The molecule has 1 aromatic heterocycles. The number of anilines is 1. The van der Waals surface area contributed by atoms with Crippen molar-refractivity contribution in [2.45, 2.75) is 6.92 Å². The van der Waals surface area contributed by atoms with E-state index in [1.54, 1.807) is 12.3 Å². The molecular weight excluding hydrogens is 335 g/mol. The predicted molar refractivity (Wildman–Crippen MR) is 76.0 cm³/mol. The molecule has 1 heterocycles. The van der Waals surface area contributed by atoms with Gasteiger partial charge in [-0.3, -0.25) is 4.79 Å². The number of pyridine rings is 1. The maximum atomic E-state index is 13.1. The molecule has 0 spiro atoms. The van der Waals surface area contributed by atoms with Gasteiger partial charge in [-0.2, -0.15) is 0 Å². The Balaban J connectivity index is 2.25. The minimum absolute atomic E-state index is 0.208. The molecule has 0 bridgehead atoms. The zero-order valence-electron chi connectivity index (χ0n) is 9.88. The van der Waals surface area contributed by atoms with Crippen molar-refractivity contribution < 1.29 is 9.18 Å². The van der Waals surface area contributed by atoms with E-state index >= 15 is 0 Å². The number of hydrogen-bond donors (Lipinski definition) is 1. The van der Waals surface area contributed by atoms with Gasteiger partial charge < -0.3 is 5.32 Å². The number of halogens is 3. The average Bonchev–Trinajstić information content (AvgIpc) is 2.37. The summed E-state index contributed by atoms with van der Waals surface area (Å²) in [4.78, 5) is 15.9. The van der Waals surface area contributed by atoms with E-state index in [4.69, 9.17) is 11.6 Å². The molecule has 19 heavy (non-hydrogen) atoms. The van der Waals surface area contributed by atoms with Crippen LogP contribution in [0.15, 0.2) is 34.9 Å². The lowest BCUT2D eigenvalue weighted by Gasteiger charge is -2.08. The van der Waals surface area contributed by atoms with Gasteiger partial charge in [0, 0.05) is 11.8 Å². The number of aromatic nitrogens is 1. The molecule has 2 aromatic rings. The van der Waals surface area contributed by atoms with Gasteiger partial charge in [0.05, 0.1) is 10.2 Å². The summed E-state index contributed by atoms with van der Waals surface area (Å²) in [5, 5.41) is 2.85. The molecular formula is C13H9BrClFN2O. The molecule has 0 aliphatic carbocycles. The first-order chi connectivity index (χ1) is 8.97. The number of hydrogen-bond acceptors (Lipinski definition) is 2. The zero-order chi connectivity index (χ0) is 14.0. The molecule has 98 valence electrons. The minimum atomic E-state index is -0.424. The fourth-order valence-corrected chi connectivity index (χ4v) is 2.00. The number of carbonyl (C=O) groups is 1. The summed E-state index contributed by atoms with van der Waals surface area (Å²) in [7, 11) is 0. The molecule has 1 N–H and O–H groups in total. The third-order valence-corrected chi connectivity index (χ3v) is 3.31. The van der Waals surface area contributed by atoms with Crippen LogP contribution in [0.2, 0.25) is 5.15 Å². The molecule has 3 nitrogen and oxygen atoms in total. The van der Waals surface area contributed by atoms with Crippen LogP contribution in [-0.4, -0.2) is 10.9 Å². The van der Waals surface area contributed by atoms with E-state index in [0.717, 1.165) is 5.56 Å². The maximum absolute atomic E-state index is 13.1. The number of benzene rings is 1. The standard InChI is InChI=1S/C13H9BrClFN2O/c1-7-4-11(12(15)17-6-7)18-13(19)8-2-3-10(16)9(14)5-8/h2-6H,1H3,(H,18,19). The fraction of sp³-hybridized carbons (Fsp3) is 0.0769. The van der Waals surface area contributed by atoms with E-state index in [-0.39, 0.29) is 15.5 Å². The highest BCUT2D eigenvalue weighted by molar-refractivity contribution is 9.10. The second kappa shape index (κ2) is 5.67. The number of nitrogens with zero attached hydrogens (tertiary/aromatic N) is 1. The van der Waals surface area contributed by atoms with E-state index < -0.39 is 5.82 Å².